The molecule has 0 saturated carbocycles. The normalized spacial score (nSPS) is 11.1. The van der Waals surface area contributed by atoms with Crippen LogP contribution in [0.2, 0.25) is 0 Å². The Balaban J connectivity index is 1.53. The second kappa shape index (κ2) is 10.5. The van der Waals surface area contributed by atoms with Crippen LogP contribution in [-0.4, -0.2) is 38.0 Å². The van der Waals surface area contributed by atoms with Gasteiger partial charge in [0.1, 0.15) is 23.7 Å². The van der Waals surface area contributed by atoms with E-state index in [9.17, 15) is 14.0 Å². The quantitative estimate of drug-likeness (QED) is 0.286. The highest BCUT2D eigenvalue weighted by atomic mass is 19.1. The van der Waals surface area contributed by atoms with Crippen molar-refractivity contribution >= 4 is 28.5 Å². The zero-order chi connectivity index (χ0) is 24.8. The van der Waals surface area contributed by atoms with Crippen LogP contribution in [0.25, 0.3) is 22.3 Å². The number of carbonyl (C=O) groups is 2. The zero-order valence-corrected chi connectivity index (χ0v) is 18.8. The van der Waals surface area contributed by atoms with Gasteiger partial charge in [-0.3, -0.25) is 9.59 Å². The van der Waals surface area contributed by atoms with Gasteiger partial charge < -0.3 is 11.1 Å². The van der Waals surface area contributed by atoms with Crippen LogP contribution < -0.4 is 11.1 Å². The minimum atomic E-state index is -0.597. The number of benzene rings is 2. The lowest BCUT2D eigenvalue weighted by Crippen LogP contribution is -2.25. The van der Waals surface area contributed by atoms with Crippen molar-refractivity contribution in [1.29, 1.82) is 0 Å². The molecule has 0 fully saturated rings. The van der Waals surface area contributed by atoms with Crippen molar-refractivity contribution in [2.24, 2.45) is 0 Å². The highest BCUT2D eigenvalue weighted by Crippen LogP contribution is 2.31. The number of fused-ring (bicyclic) bond motifs is 1. The predicted molar refractivity (Wildman–Crippen MR) is 132 cm³/mol. The van der Waals surface area contributed by atoms with Crippen LogP contribution in [-0.2, 0) is 17.8 Å². The number of hydrogen-bond donors (Lipinski definition) is 2. The second-order valence-electron chi connectivity index (χ2n) is 7.71. The standard InChI is InChI=1S/C26H23FN6O2/c1-2-21(34)18-13-19(15-20(27)14-18)24-23-25(28)30-16-31-26(23)33(32-24)12-11-29-22(35)10-6-9-17-7-4-3-5-8-17/h2-8,10,13-16H,1,9,11-12H2,(H,29,35)(H2,28,30,31). The molecule has 0 aliphatic heterocycles. The molecule has 2 heterocycles. The number of carbonyl (C=O) groups excluding carboxylic acids is 2. The van der Waals surface area contributed by atoms with Gasteiger partial charge in [-0.25, -0.2) is 19.0 Å². The van der Waals surface area contributed by atoms with Crippen LogP contribution in [0, 0.1) is 5.82 Å². The van der Waals surface area contributed by atoms with E-state index in [0.717, 1.165) is 17.7 Å². The summed E-state index contributed by atoms with van der Waals surface area (Å²) >= 11 is 0. The Labute approximate surface area is 201 Å². The van der Waals surface area contributed by atoms with Gasteiger partial charge in [-0.2, -0.15) is 5.10 Å². The van der Waals surface area contributed by atoms with Crippen molar-refractivity contribution < 1.29 is 14.0 Å². The molecule has 176 valence electrons. The predicted octanol–water partition coefficient (Wildman–Crippen LogP) is 3.50. The topological polar surface area (TPSA) is 116 Å². The van der Waals surface area contributed by atoms with Gasteiger partial charge in [-0.05, 0) is 42.3 Å². The Hall–Kier alpha value is -4.66. The highest BCUT2D eigenvalue weighted by molar-refractivity contribution is 6.06. The van der Waals surface area contributed by atoms with Gasteiger partial charge in [0.05, 0.1) is 11.9 Å². The van der Waals surface area contributed by atoms with Gasteiger partial charge >= 0.3 is 0 Å². The average Bonchev–Trinajstić information content (AvgIpc) is 3.24. The molecule has 2 aromatic carbocycles. The monoisotopic (exact) mass is 470 g/mol. The van der Waals surface area contributed by atoms with E-state index in [0.29, 0.717) is 35.3 Å². The summed E-state index contributed by atoms with van der Waals surface area (Å²) in [6, 6.07) is 13.7. The number of aromatic nitrogens is 4. The van der Waals surface area contributed by atoms with E-state index in [1.807, 2.05) is 30.3 Å². The van der Waals surface area contributed by atoms with Crippen molar-refractivity contribution in [2.45, 2.75) is 13.0 Å². The van der Waals surface area contributed by atoms with Gasteiger partial charge in [-0.1, -0.05) is 43.0 Å². The van der Waals surface area contributed by atoms with Crippen molar-refractivity contribution in [1.82, 2.24) is 25.1 Å². The van der Waals surface area contributed by atoms with Gasteiger partial charge in [0.25, 0.3) is 0 Å². The van der Waals surface area contributed by atoms with E-state index < -0.39 is 11.6 Å². The Morgan fingerprint density at radius 1 is 1.14 bits per heavy atom. The first-order valence-electron chi connectivity index (χ1n) is 10.9. The number of ketones is 1. The van der Waals surface area contributed by atoms with Gasteiger partial charge in [0.15, 0.2) is 11.4 Å². The molecule has 8 nitrogen and oxygen atoms in total. The summed E-state index contributed by atoms with van der Waals surface area (Å²) < 4.78 is 15.8. The van der Waals surface area contributed by atoms with Crippen LogP contribution in [0.5, 0.6) is 0 Å². The summed E-state index contributed by atoms with van der Waals surface area (Å²) in [6.07, 6.45) is 6.37. The number of allylic oxidation sites excluding steroid dienone is 2. The number of halogens is 1. The fourth-order valence-electron chi connectivity index (χ4n) is 3.63. The molecule has 4 aromatic rings. The van der Waals surface area contributed by atoms with E-state index in [1.54, 1.807) is 10.8 Å². The molecule has 3 N–H and O–H groups in total. The van der Waals surface area contributed by atoms with Crippen LogP contribution in [0.4, 0.5) is 10.2 Å². The molecular formula is C26H23FN6O2. The summed E-state index contributed by atoms with van der Waals surface area (Å²) in [7, 11) is 0. The van der Waals surface area contributed by atoms with Gasteiger partial charge in [-0.15, -0.1) is 0 Å². The molecule has 9 heteroatoms. The first kappa shape index (κ1) is 23.5. The molecule has 4 rings (SSSR count). The maximum atomic E-state index is 14.3. The largest absolute Gasteiger partial charge is 0.383 e. The Morgan fingerprint density at radius 2 is 1.94 bits per heavy atom. The first-order chi connectivity index (χ1) is 17.0. The Kier molecular flexibility index (Phi) is 7.06. The molecule has 0 bridgehead atoms. The van der Waals surface area contributed by atoms with E-state index in [-0.39, 0.29) is 23.8 Å². The minimum absolute atomic E-state index is 0.141. The van der Waals surface area contributed by atoms with E-state index in [2.05, 4.69) is 27.0 Å². The fraction of sp³-hybridized carbons (Fsp3) is 0.115. The van der Waals surface area contributed by atoms with E-state index in [4.69, 9.17) is 5.73 Å². The number of nitrogens with one attached hydrogen (secondary N) is 1. The molecule has 35 heavy (non-hydrogen) atoms. The van der Waals surface area contributed by atoms with Crippen molar-refractivity contribution in [3.63, 3.8) is 0 Å². The molecule has 0 spiro atoms. The molecule has 0 aliphatic carbocycles. The van der Waals surface area contributed by atoms with Crippen LogP contribution in [0.15, 0.2) is 79.7 Å². The molecule has 0 radical (unpaired) electrons. The number of anilines is 1. The number of amides is 1. The van der Waals surface area contributed by atoms with Crippen molar-refractivity contribution in [3.8, 4) is 11.3 Å². The molecule has 1 amide bonds. The lowest BCUT2D eigenvalue weighted by Gasteiger charge is -2.04. The molecule has 0 saturated heterocycles. The number of hydrogen-bond acceptors (Lipinski definition) is 6. The molecular weight excluding hydrogens is 447 g/mol. The maximum Gasteiger partial charge on any atom is 0.243 e. The third-order valence-electron chi connectivity index (χ3n) is 5.29. The molecule has 0 unspecified atom stereocenters. The summed E-state index contributed by atoms with van der Waals surface area (Å²) in [5.74, 6) is -1.07. The Morgan fingerprint density at radius 3 is 2.71 bits per heavy atom. The van der Waals surface area contributed by atoms with Crippen LogP contribution in [0.1, 0.15) is 15.9 Å². The lowest BCUT2D eigenvalue weighted by molar-refractivity contribution is -0.116. The molecule has 0 atom stereocenters. The van der Waals surface area contributed by atoms with Crippen LogP contribution in [0.3, 0.4) is 0 Å². The number of rotatable bonds is 9. The SMILES string of the molecule is C=CC(=O)c1cc(F)cc(-c2nn(CCNC(=O)C=CCc3ccccc3)c3ncnc(N)c23)c1. The zero-order valence-electron chi connectivity index (χ0n) is 18.8. The minimum Gasteiger partial charge on any atom is -0.383 e. The second-order valence-corrected chi connectivity index (χ2v) is 7.71. The summed E-state index contributed by atoms with van der Waals surface area (Å²) in [5.41, 5.74) is 8.47. The summed E-state index contributed by atoms with van der Waals surface area (Å²) in [5, 5.41) is 7.79. The van der Waals surface area contributed by atoms with Crippen molar-refractivity contribution in [3.05, 3.63) is 96.6 Å². The third kappa shape index (κ3) is 5.47. The maximum absolute atomic E-state index is 14.3. The number of nitrogens with two attached hydrogens (primary N) is 1. The smallest absolute Gasteiger partial charge is 0.243 e. The van der Waals surface area contributed by atoms with Crippen LogP contribution >= 0.6 is 0 Å². The molecule has 2 aromatic heterocycles. The number of nitrogen functional groups attached to an aromatic ring is 1. The fourth-order valence-corrected chi connectivity index (χ4v) is 3.63. The van der Waals surface area contributed by atoms with Gasteiger partial charge in [0.2, 0.25) is 5.91 Å². The third-order valence-corrected chi connectivity index (χ3v) is 5.29. The van der Waals surface area contributed by atoms with Gasteiger partial charge in [0, 0.05) is 17.7 Å². The first-order valence-corrected chi connectivity index (χ1v) is 10.9. The highest BCUT2D eigenvalue weighted by Gasteiger charge is 2.19. The summed E-state index contributed by atoms with van der Waals surface area (Å²) in [6.45, 7) is 4.01. The van der Waals surface area contributed by atoms with E-state index in [1.165, 1.54) is 24.5 Å². The summed E-state index contributed by atoms with van der Waals surface area (Å²) in [4.78, 5) is 32.5. The lowest BCUT2D eigenvalue weighted by atomic mass is 10.0. The van der Waals surface area contributed by atoms with E-state index >= 15 is 0 Å². The van der Waals surface area contributed by atoms with Crippen molar-refractivity contribution in [2.75, 3.05) is 12.3 Å². The average molecular weight is 471 g/mol. The number of nitrogens with zero attached hydrogens (tertiary/aromatic N) is 4. The Bertz CT molecular complexity index is 1430. The molecule has 0 aliphatic rings.